The van der Waals surface area contributed by atoms with Gasteiger partial charge in [0.1, 0.15) is 0 Å². The summed E-state index contributed by atoms with van der Waals surface area (Å²) in [6.07, 6.45) is 4.86. The van der Waals surface area contributed by atoms with Crippen molar-refractivity contribution < 1.29 is 9.84 Å². The van der Waals surface area contributed by atoms with E-state index in [9.17, 15) is 5.11 Å². The number of ether oxygens (including phenoxy) is 1. The summed E-state index contributed by atoms with van der Waals surface area (Å²) in [6.45, 7) is 5.94. The van der Waals surface area contributed by atoms with Crippen LogP contribution in [0.15, 0.2) is 5.38 Å². The maximum absolute atomic E-state index is 9.94. The van der Waals surface area contributed by atoms with Crippen molar-refractivity contribution in [2.24, 2.45) is 5.92 Å². The molecule has 0 aromatic carbocycles. The zero-order valence-electron chi connectivity index (χ0n) is 12.5. The number of aryl methyl sites for hydroxylation is 1. The fourth-order valence-electron chi connectivity index (χ4n) is 2.68. The number of thiazole rings is 1. The van der Waals surface area contributed by atoms with Gasteiger partial charge in [0.2, 0.25) is 0 Å². The van der Waals surface area contributed by atoms with E-state index >= 15 is 0 Å². The molecule has 1 saturated carbocycles. The van der Waals surface area contributed by atoms with Gasteiger partial charge < -0.3 is 15.2 Å². The van der Waals surface area contributed by atoms with Crippen molar-refractivity contribution in [2.45, 2.75) is 58.3 Å². The molecule has 20 heavy (non-hydrogen) atoms. The van der Waals surface area contributed by atoms with Crippen molar-refractivity contribution in [3.05, 3.63) is 16.1 Å². The highest BCUT2D eigenvalue weighted by atomic mass is 32.1. The van der Waals surface area contributed by atoms with Crippen molar-refractivity contribution in [3.63, 3.8) is 0 Å². The van der Waals surface area contributed by atoms with E-state index < -0.39 is 6.10 Å². The molecule has 1 fully saturated rings. The second kappa shape index (κ2) is 8.08. The molecule has 4 nitrogen and oxygen atoms in total. The number of nitrogens with one attached hydrogen (secondary N) is 1. The van der Waals surface area contributed by atoms with Gasteiger partial charge >= 0.3 is 0 Å². The van der Waals surface area contributed by atoms with E-state index in [4.69, 9.17) is 4.74 Å². The summed E-state index contributed by atoms with van der Waals surface area (Å²) in [5.74, 6) is 0.627. The molecule has 0 saturated heterocycles. The lowest BCUT2D eigenvalue weighted by Gasteiger charge is -2.29. The van der Waals surface area contributed by atoms with E-state index in [1.54, 1.807) is 11.3 Å². The number of aliphatic hydroxyl groups is 1. The highest BCUT2D eigenvalue weighted by Gasteiger charge is 2.22. The molecule has 2 N–H and O–H groups in total. The third kappa shape index (κ3) is 5.13. The Hall–Kier alpha value is -0.490. The number of hydrogen-bond acceptors (Lipinski definition) is 5. The number of aliphatic hydroxyl groups excluding tert-OH is 1. The molecule has 3 atom stereocenters. The first kappa shape index (κ1) is 15.9. The van der Waals surface area contributed by atoms with Crippen LogP contribution in [0.2, 0.25) is 0 Å². The molecule has 5 heteroatoms. The van der Waals surface area contributed by atoms with Gasteiger partial charge in [0.15, 0.2) is 0 Å². The average molecular weight is 298 g/mol. The SMILES string of the molecule is Cc1nc(CNCC(O)COC2CCCCC2C)cs1. The lowest BCUT2D eigenvalue weighted by molar-refractivity contribution is -0.0452. The van der Waals surface area contributed by atoms with Gasteiger partial charge in [0.05, 0.1) is 29.5 Å². The Morgan fingerprint density at radius 2 is 2.30 bits per heavy atom. The van der Waals surface area contributed by atoms with Crippen LogP contribution in [-0.4, -0.2) is 35.5 Å². The molecular weight excluding hydrogens is 272 g/mol. The lowest BCUT2D eigenvalue weighted by atomic mass is 9.88. The molecule has 0 radical (unpaired) electrons. The van der Waals surface area contributed by atoms with Crippen molar-refractivity contribution >= 4 is 11.3 Å². The van der Waals surface area contributed by atoms with E-state index in [0.717, 1.165) is 17.1 Å². The maximum Gasteiger partial charge on any atom is 0.0897 e. The summed E-state index contributed by atoms with van der Waals surface area (Å²) in [5, 5.41) is 16.3. The second-order valence-electron chi connectivity index (χ2n) is 5.78. The smallest absolute Gasteiger partial charge is 0.0897 e. The Kier molecular flexibility index (Phi) is 6.42. The fraction of sp³-hybridized carbons (Fsp3) is 0.800. The lowest BCUT2D eigenvalue weighted by Crippen LogP contribution is -2.34. The van der Waals surface area contributed by atoms with E-state index in [-0.39, 0.29) is 0 Å². The van der Waals surface area contributed by atoms with Crippen molar-refractivity contribution in [3.8, 4) is 0 Å². The van der Waals surface area contributed by atoms with Crippen LogP contribution in [0.5, 0.6) is 0 Å². The quantitative estimate of drug-likeness (QED) is 0.812. The first-order valence-corrected chi connectivity index (χ1v) is 8.44. The topological polar surface area (TPSA) is 54.4 Å². The van der Waals surface area contributed by atoms with Gasteiger partial charge in [-0.1, -0.05) is 19.8 Å². The first-order chi connectivity index (χ1) is 9.65. The summed E-state index contributed by atoms with van der Waals surface area (Å²) in [4.78, 5) is 4.38. The summed E-state index contributed by atoms with van der Waals surface area (Å²) < 4.78 is 5.86. The van der Waals surface area contributed by atoms with Crippen LogP contribution in [0, 0.1) is 12.8 Å². The maximum atomic E-state index is 9.94. The normalized spacial score (nSPS) is 24.8. The molecular formula is C15H26N2O2S. The van der Waals surface area contributed by atoms with Crippen LogP contribution in [0.25, 0.3) is 0 Å². The third-order valence-corrected chi connectivity index (χ3v) is 4.71. The number of nitrogens with zero attached hydrogens (tertiary/aromatic N) is 1. The standard InChI is InChI=1S/C15H26N2O2S/c1-11-5-3-4-6-15(11)19-9-14(18)8-16-7-13-10-20-12(2)17-13/h10-11,14-16,18H,3-9H2,1-2H3. The molecule has 1 aliphatic rings. The minimum atomic E-state index is -0.441. The minimum Gasteiger partial charge on any atom is -0.389 e. The van der Waals surface area contributed by atoms with Gasteiger partial charge in [0, 0.05) is 18.5 Å². The minimum absolute atomic E-state index is 0.333. The van der Waals surface area contributed by atoms with Crippen LogP contribution < -0.4 is 5.32 Å². The monoisotopic (exact) mass is 298 g/mol. The predicted molar refractivity (Wildman–Crippen MR) is 81.9 cm³/mol. The van der Waals surface area contributed by atoms with Crippen LogP contribution >= 0.6 is 11.3 Å². The van der Waals surface area contributed by atoms with Gasteiger partial charge in [-0.2, -0.15) is 0 Å². The van der Waals surface area contributed by atoms with Gasteiger partial charge in [-0.05, 0) is 25.7 Å². The molecule has 2 rings (SSSR count). The zero-order chi connectivity index (χ0) is 14.4. The molecule has 3 unspecified atom stereocenters. The molecule has 0 spiro atoms. The van der Waals surface area contributed by atoms with Crippen LogP contribution in [-0.2, 0) is 11.3 Å². The summed E-state index contributed by atoms with van der Waals surface area (Å²) in [6, 6.07) is 0. The zero-order valence-corrected chi connectivity index (χ0v) is 13.3. The van der Waals surface area contributed by atoms with E-state index in [1.165, 1.54) is 19.3 Å². The first-order valence-electron chi connectivity index (χ1n) is 7.56. The van der Waals surface area contributed by atoms with Gasteiger partial charge in [-0.25, -0.2) is 4.98 Å². The Labute approximate surface area is 125 Å². The van der Waals surface area contributed by atoms with Crippen LogP contribution in [0.1, 0.15) is 43.3 Å². The van der Waals surface area contributed by atoms with Crippen molar-refractivity contribution in [1.82, 2.24) is 10.3 Å². The summed E-state index contributed by atoms with van der Waals surface area (Å²) >= 11 is 1.65. The Bertz CT molecular complexity index is 397. The molecule has 1 heterocycles. The summed E-state index contributed by atoms with van der Waals surface area (Å²) in [7, 11) is 0. The molecule has 1 aliphatic carbocycles. The largest absolute Gasteiger partial charge is 0.389 e. The average Bonchev–Trinajstić information content (AvgIpc) is 2.83. The van der Waals surface area contributed by atoms with Crippen LogP contribution in [0.3, 0.4) is 0 Å². The van der Waals surface area contributed by atoms with Gasteiger partial charge in [-0.15, -0.1) is 11.3 Å². The molecule has 0 aliphatic heterocycles. The third-order valence-electron chi connectivity index (χ3n) is 3.89. The highest BCUT2D eigenvalue weighted by Crippen LogP contribution is 2.26. The Balaban J connectivity index is 1.59. The van der Waals surface area contributed by atoms with Crippen molar-refractivity contribution in [1.29, 1.82) is 0 Å². The molecule has 0 bridgehead atoms. The van der Waals surface area contributed by atoms with E-state index in [2.05, 4.69) is 22.6 Å². The number of rotatable bonds is 7. The molecule has 1 aromatic rings. The van der Waals surface area contributed by atoms with E-state index in [0.29, 0.717) is 31.7 Å². The Morgan fingerprint density at radius 1 is 1.50 bits per heavy atom. The highest BCUT2D eigenvalue weighted by molar-refractivity contribution is 7.09. The van der Waals surface area contributed by atoms with E-state index in [1.807, 2.05) is 6.92 Å². The fourth-order valence-corrected chi connectivity index (χ4v) is 3.29. The molecule has 114 valence electrons. The molecule has 1 aromatic heterocycles. The Morgan fingerprint density at radius 3 is 3.00 bits per heavy atom. The number of hydrogen-bond donors (Lipinski definition) is 2. The van der Waals surface area contributed by atoms with Crippen LogP contribution in [0.4, 0.5) is 0 Å². The van der Waals surface area contributed by atoms with Gasteiger partial charge in [0.25, 0.3) is 0 Å². The summed E-state index contributed by atoms with van der Waals surface area (Å²) in [5.41, 5.74) is 1.04. The molecule has 0 amide bonds. The van der Waals surface area contributed by atoms with Crippen molar-refractivity contribution in [2.75, 3.05) is 13.2 Å². The predicted octanol–water partition coefficient (Wildman–Crippen LogP) is 2.50. The number of aromatic nitrogens is 1. The van der Waals surface area contributed by atoms with Gasteiger partial charge in [-0.3, -0.25) is 0 Å². The second-order valence-corrected chi connectivity index (χ2v) is 6.84.